The summed E-state index contributed by atoms with van der Waals surface area (Å²) in [6.07, 6.45) is 0. The van der Waals surface area contributed by atoms with Gasteiger partial charge in [0.1, 0.15) is 0 Å². The minimum Gasteiger partial charge on any atom is -0.309 e. The Kier molecular flexibility index (Phi) is 4.05. The minimum absolute atomic E-state index is 0.0371. The average Bonchev–Trinajstić information content (AvgIpc) is 2.15. The summed E-state index contributed by atoms with van der Waals surface area (Å²) in [6, 6.07) is 5.82. The summed E-state index contributed by atoms with van der Waals surface area (Å²) in [5, 5.41) is 3.04. The normalized spacial score (nSPS) is 12.1. The van der Waals surface area contributed by atoms with Gasteiger partial charge in [-0.15, -0.1) is 0 Å². The van der Waals surface area contributed by atoms with Gasteiger partial charge in [0, 0.05) is 16.6 Å². The van der Waals surface area contributed by atoms with Gasteiger partial charge >= 0.3 is 0 Å². The van der Waals surface area contributed by atoms with E-state index in [0.29, 0.717) is 5.02 Å². The smallest absolute Gasteiger partial charge is 0.285 e. The van der Waals surface area contributed by atoms with Crippen molar-refractivity contribution >= 4 is 11.6 Å². The fraction of sp³-hybridized carbons (Fsp3) is 0.455. The molecule has 0 aromatic heterocycles. The van der Waals surface area contributed by atoms with Gasteiger partial charge in [-0.2, -0.15) is 8.78 Å². The molecule has 84 valence electrons. The van der Waals surface area contributed by atoms with E-state index in [1.54, 1.807) is 6.07 Å². The van der Waals surface area contributed by atoms with E-state index >= 15 is 0 Å². The Morgan fingerprint density at radius 3 is 2.60 bits per heavy atom. The summed E-state index contributed by atoms with van der Waals surface area (Å²) in [4.78, 5) is 0. The van der Waals surface area contributed by atoms with Crippen LogP contribution in [0.25, 0.3) is 0 Å². The van der Waals surface area contributed by atoms with Crippen LogP contribution in [0.15, 0.2) is 24.3 Å². The molecule has 0 heterocycles. The third kappa shape index (κ3) is 3.76. The third-order valence-corrected chi connectivity index (χ3v) is 2.21. The molecule has 0 spiro atoms. The van der Waals surface area contributed by atoms with Crippen LogP contribution < -0.4 is 5.32 Å². The number of nitrogens with one attached hydrogen (secondary N) is 1. The first kappa shape index (κ1) is 12.4. The number of alkyl halides is 2. The molecular weight excluding hydrogens is 220 g/mol. The van der Waals surface area contributed by atoms with Gasteiger partial charge in [0.2, 0.25) is 0 Å². The third-order valence-electron chi connectivity index (χ3n) is 1.98. The largest absolute Gasteiger partial charge is 0.309 e. The molecule has 0 unspecified atom stereocenters. The standard InChI is InChI=1S/C11H14ClF2N/c1-8(2)15-7-11(13,14)9-4-3-5-10(12)6-9/h3-6,8,15H,7H2,1-2H3. The first-order valence-electron chi connectivity index (χ1n) is 4.79. The first-order chi connectivity index (χ1) is 6.92. The molecule has 1 rings (SSSR count). The lowest BCUT2D eigenvalue weighted by atomic mass is 10.1. The average molecular weight is 234 g/mol. The summed E-state index contributed by atoms with van der Waals surface area (Å²) in [6.45, 7) is 3.28. The van der Waals surface area contributed by atoms with Crippen LogP contribution in [0.3, 0.4) is 0 Å². The molecule has 15 heavy (non-hydrogen) atoms. The molecule has 1 nitrogen and oxygen atoms in total. The van der Waals surface area contributed by atoms with Crippen LogP contribution in [-0.4, -0.2) is 12.6 Å². The first-order valence-corrected chi connectivity index (χ1v) is 5.17. The Morgan fingerprint density at radius 1 is 1.40 bits per heavy atom. The van der Waals surface area contributed by atoms with Crippen LogP contribution in [0.1, 0.15) is 19.4 Å². The maximum atomic E-state index is 13.6. The van der Waals surface area contributed by atoms with Gasteiger partial charge in [0.15, 0.2) is 0 Å². The molecule has 0 saturated heterocycles. The molecule has 0 aliphatic rings. The van der Waals surface area contributed by atoms with Crippen molar-refractivity contribution < 1.29 is 8.78 Å². The van der Waals surface area contributed by atoms with Gasteiger partial charge in [0.05, 0.1) is 6.54 Å². The zero-order chi connectivity index (χ0) is 11.5. The Bertz CT molecular complexity index is 326. The number of rotatable bonds is 4. The van der Waals surface area contributed by atoms with Crippen molar-refractivity contribution in [2.24, 2.45) is 0 Å². The van der Waals surface area contributed by atoms with E-state index in [2.05, 4.69) is 5.32 Å². The maximum Gasteiger partial charge on any atom is 0.285 e. The second-order valence-corrected chi connectivity index (χ2v) is 4.19. The van der Waals surface area contributed by atoms with Crippen molar-refractivity contribution in [3.8, 4) is 0 Å². The van der Waals surface area contributed by atoms with Crippen LogP contribution in [0, 0.1) is 0 Å². The van der Waals surface area contributed by atoms with Gasteiger partial charge in [-0.25, -0.2) is 0 Å². The van der Waals surface area contributed by atoms with Gasteiger partial charge < -0.3 is 5.32 Å². The summed E-state index contributed by atoms with van der Waals surface area (Å²) < 4.78 is 27.2. The molecule has 0 fully saturated rings. The molecule has 0 saturated carbocycles. The molecule has 0 amide bonds. The lowest BCUT2D eigenvalue weighted by Gasteiger charge is -2.19. The topological polar surface area (TPSA) is 12.0 Å². The molecule has 1 N–H and O–H groups in total. The number of hydrogen-bond donors (Lipinski definition) is 1. The van der Waals surface area contributed by atoms with Crippen LogP contribution in [0.4, 0.5) is 8.78 Å². The van der Waals surface area contributed by atoms with E-state index in [1.807, 2.05) is 13.8 Å². The maximum absolute atomic E-state index is 13.6. The Balaban J connectivity index is 2.76. The molecule has 0 bridgehead atoms. The zero-order valence-electron chi connectivity index (χ0n) is 8.73. The second kappa shape index (κ2) is 4.90. The summed E-state index contributed by atoms with van der Waals surface area (Å²) in [5.74, 6) is -2.88. The molecule has 1 aromatic rings. The highest BCUT2D eigenvalue weighted by atomic mass is 35.5. The van der Waals surface area contributed by atoms with E-state index in [4.69, 9.17) is 11.6 Å². The van der Waals surface area contributed by atoms with Crippen LogP contribution in [0.2, 0.25) is 5.02 Å². The highest BCUT2D eigenvalue weighted by Crippen LogP contribution is 2.28. The molecular formula is C11H14ClF2N. The number of hydrogen-bond acceptors (Lipinski definition) is 1. The Labute approximate surface area is 93.4 Å². The van der Waals surface area contributed by atoms with Gasteiger partial charge in [-0.05, 0) is 12.1 Å². The van der Waals surface area contributed by atoms with Crippen molar-refractivity contribution in [2.45, 2.75) is 25.8 Å². The summed E-state index contributed by atoms with van der Waals surface area (Å²) in [7, 11) is 0. The van der Waals surface area contributed by atoms with Gasteiger partial charge in [-0.1, -0.05) is 37.6 Å². The van der Waals surface area contributed by atoms with Crippen molar-refractivity contribution in [2.75, 3.05) is 6.54 Å². The predicted molar refractivity (Wildman–Crippen MR) is 58.5 cm³/mol. The summed E-state index contributed by atoms with van der Waals surface area (Å²) in [5.41, 5.74) is -0.0526. The summed E-state index contributed by atoms with van der Waals surface area (Å²) >= 11 is 5.66. The Hall–Kier alpha value is -0.670. The molecule has 1 aromatic carbocycles. The van der Waals surface area contributed by atoms with Crippen molar-refractivity contribution in [1.82, 2.24) is 5.32 Å². The monoisotopic (exact) mass is 233 g/mol. The van der Waals surface area contributed by atoms with Crippen LogP contribution in [0.5, 0.6) is 0 Å². The fourth-order valence-corrected chi connectivity index (χ4v) is 1.34. The van der Waals surface area contributed by atoms with E-state index < -0.39 is 5.92 Å². The Morgan fingerprint density at radius 2 is 2.07 bits per heavy atom. The van der Waals surface area contributed by atoms with Crippen molar-refractivity contribution in [1.29, 1.82) is 0 Å². The molecule has 0 aliphatic heterocycles. The molecule has 0 atom stereocenters. The fourth-order valence-electron chi connectivity index (χ4n) is 1.15. The molecule has 0 aliphatic carbocycles. The molecule has 4 heteroatoms. The van der Waals surface area contributed by atoms with Gasteiger partial charge in [0.25, 0.3) is 5.92 Å². The minimum atomic E-state index is -2.88. The van der Waals surface area contributed by atoms with E-state index in [-0.39, 0.29) is 18.2 Å². The second-order valence-electron chi connectivity index (χ2n) is 3.75. The predicted octanol–water partition coefficient (Wildman–Crippen LogP) is 3.43. The number of benzene rings is 1. The van der Waals surface area contributed by atoms with Crippen LogP contribution >= 0.6 is 11.6 Å². The molecule has 0 radical (unpaired) electrons. The van der Waals surface area contributed by atoms with E-state index in [9.17, 15) is 8.78 Å². The SMILES string of the molecule is CC(C)NCC(F)(F)c1cccc(Cl)c1. The highest BCUT2D eigenvalue weighted by molar-refractivity contribution is 6.30. The highest BCUT2D eigenvalue weighted by Gasteiger charge is 2.31. The van der Waals surface area contributed by atoms with Crippen molar-refractivity contribution in [3.05, 3.63) is 34.9 Å². The van der Waals surface area contributed by atoms with Crippen molar-refractivity contribution in [3.63, 3.8) is 0 Å². The number of halogens is 3. The van der Waals surface area contributed by atoms with E-state index in [1.165, 1.54) is 18.2 Å². The van der Waals surface area contributed by atoms with Gasteiger partial charge in [-0.3, -0.25) is 0 Å². The lowest BCUT2D eigenvalue weighted by molar-refractivity contribution is -0.00483. The quantitative estimate of drug-likeness (QED) is 0.840. The lowest BCUT2D eigenvalue weighted by Crippen LogP contribution is -2.34. The van der Waals surface area contributed by atoms with Crippen LogP contribution in [-0.2, 0) is 5.92 Å². The zero-order valence-corrected chi connectivity index (χ0v) is 9.48. The van der Waals surface area contributed by atoms with E-state index in [0.717, 1.165) is 0 Å².